The van der Waals surface area contributed by atoms with Crippen LogP contribution in [0.15, 0.2) is 24.5 Å². The monoisotopic (exact) mass is 243 g/mol. The number of fused-ring (bicyclic) bond motifs is 1. The maximum atomic E-state index is 4.44. The number of rotatable bonds is 4. The number of hydrogen-bond acceptors (Lipinski definition) is 5. The zero-order chi connectivity index (χ0) is 12.2. The largest absolute Gasteiger partial charge is 0.369 e. The van der Waals surface area contributed by atoms with Crippen LogP contribution in [0, 0.1) is 0 Å². The van der Waals surface area contributed by atoms with Crippen molar-refractivity contribution in [2.75, 3.05) is 31.5 Å². The van der Waals surface area contributed by atoms with E-state index in [1.165, 1.54) is 25.9 Å². The van der Waals surface area contributed by atoms with E-state index in [2.05, 4.69) is 25.2 Å². The molecule has 2 aromatic rings. The molecule has 0 unspecified atom stereocenters. The molecule has 94 valence electrons. The molecule has 5 nitrogen and oxygen atoms in total. The molecule has 18 heavy (non-hydrogen) atoms. The minimum absolute atomic E-state index is 0.698. The van der Waals surface area contributed by atoms with Gasteiger partial charge in [-0.1, -0.05) is 0 Å². The lowest BCUT2D eigenvalue weighted by Crippen LogP contribution is -2.26. The summed E-state index contributed by atoms with van der Waals surface area (Å²) in [6.45, 7) is 4.48. The molecule has 0 aliphatic carbocycles. The smallest absolute Gasteiger partial charge is 0.180 e. The molecule has 5 heteroatoms. The first-order chi connectivity index (χ1) is 8.92. The van der Waals surface area contributed by atoms with Gasteiger partial charge in [0, 0.05) is 25.5 Å². The summed E-state index contributed by atoms with van der Waals surface area (Å²) < 4.78 is 0. The van der Waals surface area contributed by atoms with Crippen molar-refractivity contribution in [3.8, 4) is 0 Å². The molecule has 1 fully saturated rings. The fourth-order valence-electron chi connectivity index (χ4n) is 2.30. The van der Waals surface area contributed by atoms with Gasteiger partial charge in [-0.3, -0.25) is 4.98 Å². The topological polar surface area (TPSA) is 53.9 Å². The Balaban J connectivity index is 1.60. The first kappa shape index (κ1) is 11.3. The van der Waals surface area contributed by atoms with Gasteiger partial charge in [0.1, 0.15) is 11.3 Å². The second-order valence-corrected chi connectivity index (χ2v) is 4.57. The molecule has 1 aliphatic heterocycles. The average Bonchev–Trinajstić information content (AvgIpc) is 2.92. The van der Waals surface area contributed by atoms with Gasteiger partial charge < -0.3 is 10.2 Å². The van der Waals surface area contributed by atoms with E-state index in [1.807, 2.05) is 12.1 Å². The van der Waals surface area contributed by atoms with E-state index in [0.29, 0.717) is 5.65 Å². The van der Waals surface area contributed by atoms with Gasteiger partial charge in [0.2, 0.25) is 0 Å². The van der Waals surface area contributed by atoms with Gasteiger partial charge in [0.15, 0.2) is 5.65 Å². The Morgan fingerprint density at radius 1 is 1.11 bits per heavy atom. The Bertz CT molecular complexity index is 522. The zero-order valence-corrected chi connectivity index (χ0v) is 10.3. The second kappa shape index (κ2) is 5.27. The number of likely N-dealkylation sites (tertiary alicyclic amines) is 1. The van der Waals surface area contributed by atoms with Crippen molar-refractivity contribution in [3.05, 3.63) is 24.5 Å². The van der Waals surface area contributed by atoms with Gasteiger partial charge in [0.25, 0.3) is 0 Å². The lowest BCUT2D eigenvalue weighted by molar-refractivity contribution is 0.352. The summed E-state index contributed by atoms with van der Waals surface area (Å²) >= 11 is 0. The van der Waals surface area contributed by atoms with Crippen LogP contribution in [0.4, 0.5) is 5.82 Å². The number of pyridine rings is 1. The number of nitrogens with zero attached hydrogens (tertiary/aromatic N) is 4. The highest BCUT2D eigenvalue weighted by Crippen LogP contribution is 2.10. The third-order valence-corrected chi connectivity index (χ3v) is 3.26. The minimum Gasteiger partial charge on any atom is -0.369 e. The van der Waals surface area contributed by atoms with Gasteiger partial charge in [-0.05, 0) is 38.1 Å². The second-order valence-electron chi connectivity index (χ2n) is 4.57. The number of nitrogens with one attached hydrogen (secondary N) is 1. The molecule has 1 aliphatic rings. The zero-order valence-electron chi connectivity index (χ0n) is 10.3. The van der Waals surface area contributed by atoms with E-state index in [-0.39, 0.29) is 0 Å². The van der Waals surface area contributed by atoms with E-state index in [1.54, 1.807) is 12.4 Å². The van der Waals surface area contributed by atoms with Gasteiger partial charge in [-0.15, -0.1) is 0 Å². The quantitative estimate of drug-likeness (QED) is 0.882. The standard InChI is InChI=1S/C13H17N5/c1-2-9-18(8-1)10-7-15-12-4-3-11-13(17-12)16-6-5-14-11/h3-6H,1-2,7-10H2,(H,15,16,17). The van der Waals surface area contributed by atoms with Crippen molar-refractivity contribution in [3.63, 3.8) is 0 Å². The fourth-order valence-corrected chi connectivity index (χ4v) is 2.30. The molecule has 3 heterocycles. The highest BCUT2D eigenvalue weighted by Gasteiger charge is 2.10. The molecule has 3 rings (SSSR count). The van der Waals surface area contributed by atoms with Crippen LogP contribution in [0.25, 0.3) is 11.2 Å². The minimum atomic E-state index is 0.698. The molecule has 0 aromatic carbocycles. The van der Waals surface area contributed by atoms with Crippen molar-refractivity contribution < 1.29 is 0 Å². The van der Waals surface area contributed by atoms with E-state index < -0.39 is 0 Å². The van der Waals surface area contributed by atoms with E-state index >= 15 is 0 Å². The molecular weight excluding hydrogens is 226 g/mol. The van der Waals surface area contributed by atoms with Crippen LogP contribution in [0.2, 0.25) is 0 Å². The number of hydrogen-bond donors (Lipinski definition) is 1. The normalized spacial score (nSPS) is 16.2. The first-order valence-corrected chi connectivity index (χ1v) is 6.46. The average molecular weight is 243 g/mol. The Morgan fingerprint density at radius 3 is 2.83 bits per heavy atom. The molecule has 0 saturated carbocycles. The molecule has 0 spiro atoms. The number of anilines is 1. The summed E-state index contributed by atoms with van der Waals surface area (Å²) in [5.74, 6) is 0.877. The highest BCUT2D eigenvalue weighted by molar-refractivity contribution is 5.71. The third-order valence-electron chi connectivity index (χ3n) is 3.26. The Kier molecular flexibility index (Phi) is 3.32. The van der Waals surface area contributed by atoms with E-state index in [9.17, 15) is 0 Å². The van der Waals surface area contributed by atoms with Crippen LogP contribution in [-0.4, -0.2) is 46.0 Å². The molecule has 1 saturated heterocycles. The fraction of sp³-hybridized carbons (Fsp3) is 0.462. The Morgan fingerprint density at radius 2 is 1.94 bits per heavy atom. The Hall–Kier alpha value is -1.75. The molecule has 0 atom stereocenters. The van der Waals surface area contributed by atoms with Crippen LogP contribution < -0.4 is 5.32 Å². The predicted molar refractivity (Wildman–Crippen MR) is 71.5 cm³/mol. The van der Waals surface area contributed by atoms with Crippen molar-refractivity contribution in [2.24, 2.45) is 0 Å². The third kappa shape index (κ3) is 2.56. The SMILES string of the molecule is c1cnc2nc(NCCN3CCCC3)ccc2n1. The van der Waals surface area contributed by atoms with Crippen molar-refractivity contribution in [1.82, 2.24) is 19.9 Å². The highest BCUT2D eigenvalue weighted by atomic mass is 15.2. The van der Waals surface area contributed by atoms with Gasteiger partial charge in [-0.2, -0.15) is 0 Å². The maximum Gasteiger partial charge on any atom is 0.180 e. The lowest BCUT2D eigenvalue weighted by atomic mass is 10.4. The maximum absolute atomic E-state index is 4.44. The van der Waals surface area contributed by atoms with Gasteiger partial charge >= 0.3 is 0 Å². The van der Waals surface area contributed by atoms with Crippen molar-refractivity contribution >= 4 is 17.0 Å². The van der Waals surface area contributed by atoms with E-state index in [0.717, 1.165) is 24.4 Å². The molecule has 1 N–H and O–H groups in total. The van der Waals surface area contributed by atoms with Crippen LogP contribution in [0.1, 0.15) is 12.8 Å². The number of aromatic nitrogens is 3. The van der Waals surface area contributed by atoms with Crippen molar-refractivity contribution in [1.29, 1.82) is 0 Å². The summed E-state index contributed by atoms with van der Waals surface area (Å²) in [5.41, 5.74) is 1.53. The van der Waals surface area contributed by atoms with Crippen LogP contribution in [-0.2, 0) is 0 Å². The lowest BCUT2D eigenvalue weighted by Gasteiger charge is -2.14. The molecule has 2 aromatic heterocycles. The molecular formula is C13H17N5. The predicted octanol–water partition coefficient (Wildman–Crippen LogP) is 1.53. The van der Waals surface area contributed by atoms with Crippen molar-refractivity contribution in [2.45, 2.75) is 12.8 Å². The summed E-state index contributed by atoms with van der Waals surface area (Å²) in [4.78, 5) is 15.3. The summed E-state index contributed by atoms with van der Waals surface area (Å²) in [7, 11) is 0. The van der Waals surface area contributed by atoms with Crippen LogP contribution in [0.3, 0.4) is 0 Å². The van der Waals surface area contributed by atoms with Crippen LogP contribution in [0.5, 0.6) is 0 Å². The van der Waals surface area contributed by atoms with Gasteiger partial charge in [0.05, 0.1) is 0 Å². The van der Waals surface area contributed by atoms with E-state index in [4.69, 9.17) is 0 Å². The molecule has 0 amide bonds. The summed E-state index contributed by atoms with van der Waals surface area (Å²) in [5, 5.41) is 3.34. The van der Waals surface area contributed by atoms with Gasteiger partial charge in [-0.25, -0.2) is 9.97 Å². The molecule has 0 bridgehead atoms. The molecule has 0 radical (unpaired) electrons. The first-order valence-electron chi connectivity index (χ1n) is 6.46. The summed E-state index contributed by atoms with van der Waals surface area (Å²) in [6, 6.07) is 3.91. The Labute approximate surface area is 106 Å². The van der Waals surface area contributed by atoms with Crippen LogP contribution >= 0.6 is 0 Å². The summed E-state index contributed by atoms with van der Waals surface area (Å²) in [6.07, 6.45) is 6.03.